The van der Waals surface area contributed by atoms with E-state index >= 15 is 0 Å². The van der Waals surface area contributed by atoms with Crippen LogP contribution in [0.1, 0.15) is 11.9 Å². The van der Waals surface area contributed by atoms with E-state index in [2.05, 4.69) is 15.0 Å². The normalized spacial score (nSPS) is 10.3. The van der Waals surface area contributed by atoms with Gasteiger partial charge in [-0.05, 0) is 13.8 Å². The van der Waals surface area contributed by atoms with Gasteiger partial charge in [0.05, 0.1) is 28.9 Å². The summed E-state index contributed by atoms with van der Waals surface area (Å²) >= 11 is 1.60. The molecule has 2 aromatic rings. The molecule has 78 valence electrons. The van der Waals surface area contributed by atoms with Crippen LogP contribution < -0.4 is 4.74 Å². The summed E-state index contributed by atoms with van der Waals surface area (Å²) in [7, 11) is 0. The number of hydrogen-bond acceptors (Lipinski definition) is 5. The summed E-state index contributed by atoms with van der Waals surface area (Å²) in [5, 5.41) is 1.02. The predicted octanol–water partition coefficient (Wildman–Crippen LogP) is 2.31. The average molecular weight is 221 g/mol. The number of hydrogen-bond donors (Lipinski definition) is 0. The Labute approximate surface area is 92.0 Å². The van der Waals surface area contributed by atoms with Crippen LogP contribution >= 0.6 is 11.3 Å². The van der Waals surface area contributed by atoms with Gasteiger partial charge in [-0.2, -0.15) is 0 Å². The first kappa shape index (κ1) is 10.0. The van der Waals surface area contributed by atoms with Gasteiger partial charge in [-0.1, -0.05) is 0 Å². The van der Waals surface area contributed by atoms with Crippen molar-refractivity contribution in [1.29, 1.82) is 0 Å². The van der Waals surface area contributed by atoms with Crippen molar-refractivity contribution in [2.45, 2.75) is 13.8 Å². The topological polar surface area (TPSA) is 47.9 Å². The van der Waals surface area contributed by atoms with E-state index in [-0.39, 0.29) is 0 Å². The molecule has 0 spiro atoms. The van der Waals surface area contributed by atoms with Crippen molar-refractivity contribution in [3.05, 3.63) is 23.6 Å². The third kappa shape index (κ3) is 2.30. The molecule has 0 saturated heterocycles. The molecule has 0 bridgehead atoms. The molecule has 0 aliphatic carbocycles. The quantitative estimate of drug-likeness (QED) is 0.798. The van der Waals surface area contributed by atoms with Crippen molar-refractivity contribution in [3.8, 4) is 16.5 Å². The van der Waals surface area contributed by atoms with E-state index in [0.717, 1.165) is 15.6 Å². The van der Waals surface area contributed by atoms with Gasteiger partial charge in [0.15, 0.2) is 0 Å². The number of ether oxygens (including phenoxy) is 1. The fraction of sp³-hybridized carbons (Fsp3) is 0.300. The molecule has 0 aliphatic heterocycles. The van der Waals surface area contributed by atoms with Crippen molar-refractivity contribution in [3.63, 3.8) is 0 Å². The van der Waals surface area contributed by atoms with Crippen LogP contribution in [-0.2, 0) is 0 Å². The Hall–Kier alpha value is -1.49. The highest BCUT2D eigenvalue weighted by Gasteiger charge is 2.05. The third-order valence-corrected chi connectivity index (χ3v) is 2.71. The van der Waals surface area contributed by atoms with E-state index in [1.54, 1.807) is 29.9 Å². The molecule has 4 nitrogen and oxygen atoms in total. The predicted molar refractivity (Wildman–Crippen MR) is 59.0 cm³/mol. The molecule has 0 amide bonds. The molecule has 0 N–H and O–H groups in total. The van der Waals surface area contributed by atoms with Crippen LogP contribution in [0.3, 0.4) is 0 Å². The minimum Gasteiger partial charge on any atom is -0.477 e. The maximum absolute atomic E-state index is 5.29. The number of aromatic nitrogens is 3. The van der Waals surface area contributed by atoms with Crippen LogP contribution in [0.5, 0.6) is 5.88 Å². The van der Waals surface area contributed by atoms with Crippen molar-refractivity contribution in [2.24, 2.45) is 0 Å². The van der Waals surface area contributed by atoms with Gasteiger partial charge in [-0.3, -0.25) is 4.98 Å². The highest BCUT2D eigenvalue weighted by molar-refractivity contribution is 7.15. The van der Waals surface area contributed by atoms with E-state index < -0.39 is 0 Å². The van der Waals surface area contributed by atoms with E-state index in [9.17, 15) is 0 Å². The molecule has 0 saturated carbocycles. The molecule has 15 heavy (non-hydrogen) atoms. The first-order valence-corrected chi connectivity index (χ1v) is 5.49. The van der Waals surface area contributed by atoms with Gasteiger partial charge in [0.1, 0.15) is 5.69 Å². The van der Waals surface area contributed by atoms with Gasteiger partial charge >= 0.3 is 0 Å². The van der Waals surface area contributed by atoms with Gasteiger partial charge in [-0.15, -0.1) is 11.3 Å². The Morgan fingerprint density at radius 3 is 2.87 bits per heavy atom. The van der Waals surface area contributed by atoms with E-state index in [4.69, 9.17) is 4.74 Å². The van der Waals surface area contributed by atoms with Gasteiger partial charge in [-0.25, -0.2) is 9.97 Å². The van der Waals surface area contributed by atoms with Crippen molar-refractivity contribution in [2.75, 3.05) is 6.61 Å². The third-order valence-electron chi connectivity index (χ3n) is 1.78. The molecule has 0 aromatic carbocycles. The standard InChI is InChI=1S/C10H11N3OS/c1-3-14-10-6-11-4-8(13-10)9-5-12-7(2)15-9/h4-6H,3H2,1-2H3. The Morgan fingerprint density at radius 1 is 1.33 bits per heavy atom. The van der Waals surface area contributed by atoms with E-state index in [1.165, 1.54) is 0 Å². The van der Waals surface area contributed by atoms with Crippen LogP contribution in [0.4, 0.5) is 0 Å². The van der Waals surface area contributed by atoms with Crippen LogP contribution in [-0.4, -0.2) is 21.6 Å². The lowest BCUT2D eigenvalue weighted by Gasteiger charge is -2.01. The first-order chi connectivity index (χ1) is 7.29. The summed E-state index contributed by atoms with van der Waals surface area (Å²) in [6.45, 7) is 4.49. The van der Waals surface area contributed by atoms with E-state index in [1.807, 2.05) is 13.8 Å². The van der Waals surface area contributed by atoms with Gasteiger partial charge < -0.3 is 4.74 Å². The molecule has 2 heterocycles. The maximum Gasteiger partial charge on any atom is 0.232 e. The zero-order valence-corrected chi connectivity index (χ0v) is 9.41. The van der Waals surface area contributed by atoms with Crippen LogP contribution in [0.15, 0.2) is 18.6 Å². The lowest BCUT2D eigenvalue weighted by Crippen LogP contribution is -1.95. The molecule has 2 rings (SSSR count). The minimum absolute atomic E-state index is 0.557. The molecule has 2 aromatic heterocycles. The van der Waals surface area contributed by atoms with Gasteiger partial charge in [0.25, 0.3) is 0 Å². The first-order valence-electron chi connectivity index (χ1n) is 4.67. The second-order valence-electron chi connectivity index (χ2n) is 2.92. The van der Waals surface area contributed by atoms with Gasteiger partial charge in [0, 0.05) is 6.20 Å². The lowest BCUT2D eigenvalue weighted by molar-refractivity contribution is 0.325. The summed E-state index contributed by atoms with van der Waals surface area (Å²) in [5.41, 5.74) is 0.812. The number of thiazole rings is 1. The number of aryl methyl sites for hydroxylation is 1. The molecule has 0 aliphatic rings. The summed E-state index contributed by atoms with van der Waals surface area (Å²) in [5.74, 6) is 0.557. The lowest BCUT2D eigenvalue weighted by atomic mass is 10.4. The maximum atomic E-state index is 5.29. The number of nitrogens with zero attached hydrogens (tertiary/aromatic N) is 3. The van der Waals surface area contributed by atoms with Crippen LogP contribution in [0.2, 0.25) is 0 Å². The zero-order valence-electron chi connectivity index (χ0n) is 8.60. The summed E-state index contributed by atoms with van der Waals surface area (Å²) in [6.07, 6.45) is 5.14. The average Bonchev–Trinajstić information content (AvgIpc) is 2.66. The van der Waals surface area contributed by atoms with Crippen LogP contribution in [0, 0.1) is 6.92 Å². The Bertz CT molecular complexity index is 455. The molecule has 0 unspecified atom stereocenters. The second-order valence-corrected chi connectivity index (χ2v) is 4.15. The molecule has 0 atom stereocenters. The highest BCUT2D eigenvalue weighted by atomic mass is 32.1. The van der Waals surface area contributed by atoms with Crippen LogP contribution in [0.25, 0.3) is 10.6 Å². The summed E-state index contributed by atoms with van der Waals surface area (Å²) in [4.78, 5) is 13.6. The Balaban J connectivity index is 2.32. The summed E-state index contributed by atoms with van der Waals surface area (Å²) < 4.78 is 5.29. The minimum atomic E-state index is 0.557. The monoisotopic (exact) mass is 221 g/mol. The van der Waals surface area contributed by atoms with Crippen molar-refractivity contribution >= 4 is 11.3 Å². The number of rotatable bonds is 3. The summed E-state index contributed by atoms with van der Waals surface area (Å²) in [6, 6.07) is 0. The molecule has 0 fully saturated rings. The molecular weight excluding hydrogens is 210 g/mol. The molecular formula is C10H11N3OS. The van der Waals surface area contributed by atoms with E-state index in [0.29, 0.717) is 12.5 Å². The fourth-order valence-corrected chi connectivity index (χ4v) is 1.90. The fourth-order valence-electron chi connectivity index (χ4n) is 1.16. The van der Waals surface area contributed by atoms with Crippen molar-refractivity contribution in [1.82, 2.24) is 15.0 Å². The van der Waals surface area contributed by atoms with Crippen molar-refractivity contribution < 1.29 is 4.74 Å². The smallest absolute Gasteiger partial charge is 0.232 e. The molecule has 5 heteroatoms. The second kappa shape index (κ2) is 4.35. The zero-order chi connectivity index (χ0) is 10.7. The van der Waals surface area contributed by atoms with Gasteiger partial charge in [0.2, 0.25) is 5.88 Å². The SMILES string of the molecule is CCOc1cncc(-c2cnc(C)s2)n1. The Morgan fingerprint density at radius 2 is 2.20 bits per heavy atom. The highest BCUT2D eigenvalue weighted by Crippen LogP contribution is 2.24. The largest absolute Gasteiger partial charge is 0.477 e. The molecule has 0 radical (unpaired) electrons. The Kier molecular flexibility index (Phi) is 2.91.